The van der Waals surface area contributed by atoms with Gasteiger partial charge in [-0.2, -0.15) is 5.26 Å². The predicted octanol–water partition coefficient (Wildman–Crippen LogP) is 0.0728. The van der Waals surface area contributed by atoms with E-state index < -0.39 is 22.0 Å². The first-order valence-corrected chi connectivity index (χ1v) is 6.11. The SMILES string of the molecule is CC(CC#N)NS(=O)(=O)CCCC(=O)O. The van der Waals surface area contributed by atoms with Gasteiger partial charge in [-0.05, 0) is 13.3 Å². The summed E-state index contributed by atoms with van der Waals surface area (Å²) in [4.78, 5) is 10.2. The van der Waals surface area contributed by atoms with Crippen LogP contribution in [0.15, 0.2) is 0 Å². The third-order valence-electron chi connectivity index (χ3n) is 1.58. The summed E-state index contributed by atoms with van der Waals surface area (Å²) in [6.45, 7) is 1.58. The van der Waals surface area contributed by atoms with Crippen molar-refractivity contribution in [3.8, 4) is 6.07 Å². The highest BCUT2D eigenvalue weighted by Crippen LogP contribution is 1.98. The van der Waals surface area contributed by atoms with Gasteiger partial charge >= 0.3 is 5.97 Å². The molecule has 0 aliphatic heterocycles. The van der Waals surface area contributed by atoms with Crippen LogP contribution in [-0.4, -0.2) is 31.3 Å². The normalized spacial score (nSPS) is 13.1. The number of nitrogens with zero attached hydrogens (tertiary/aromatic N) is 1. The summed E-state index contributed by atoms with van der Waals surface area (Å²) in [6.07, 6.45) is -0.00432. The number of hydrogen-bond donors (Lipinski definition) is 2. The molecule has 7 heteroatoms. The molecule has 0 radical (unpaired) electrons. The molecule has 86 valence electrons. The molecular formula is C8H14N2O4S. The summed E-state index contributed by atoms with van der Waals surface area (Å²) in [5, 5.41) is 16.6. The number of nitriles is 1. The molecule has 0 heterocycles. The molecule has 1 atom stereocenters. The van der Waals surface area contributed by atoms with E-state index in [4.69, 9.17) is 10.4 Å². The van der Waals surface area contributed by atoms with Crippen molar-refractivity contribution in [1.29, 1.82) is 5.26 Å². The summed E-state index contributed by atoms with van der Waals surface area (Å²) in [5.74, 6) is -1.25. The predicted molar refractivity (Wildman–Crippen MR) is 53.5 cm³/mol. The van der Waals surface area contributed by atoms with Gasteiger partial charge in [0.2, 0.25) is 10.0 Å². The highest BCUT2D eigenvalue weighted by molar-refractivity contribution is 7.89. The average molecular weight is 234 g/mol. The van der Waals surface area contributed by atoms with E-state index in [9.17, 15) is 13.2 Å². The molecule has 1 unspecified atom stereocenters. The largest absolute Gasteiger partial charge is 0.481 e. The molecule has 0 bridgehead atoms. The number of rotatable bonds is 7. The van der Waals surface area contributed by atoms with Gasteiger partial charge in [-0.1, -0.05) is 0 Å². The van der Waals surface area contributed by atoms with Crippen LogP contribution in [0, 0.1) is 11.3 Å². The van der Waals surface area contributed by atoms with Crippen LogP contribution < -0.4 is 4.72 Å². The fourth-order valence-corrected chi connectivity index (χ4v) is 2.30. The van der Waals surface area contributed by atoms with Crippen LogP contribution in [0.5, 0.6) is 0 Å². The Morgan fingerprint density at radius 1 is 1.60 bits per heavy atom. The van der Waals surface area contributed by atoms with Gasteiger partial charge in [-0.15, -0.1) is 0 Å². The molecule has 0 fully saturated rings. The van der Waals surface area contributed by atoms with Gasteiger partial charge < -0.3 is 5.11 Å². The minimum absolute atomic E-state index is 0.0734. The first kappa shape index (κ1) is 13.9. The molecule has 0 aromatic heterocycles. The van der Waals surface area contributed by atoms with Crippen LogP contribution in [0.2, 0.25) is 0 Å². The maximum atomic E-state index is 11.3. The maximum Gasteiger partial charge on any atom is 0.303 e. The van der Waals surface area contributed by atoms with Crippen molar-refractivity contribution in [2.45, 2.75) is 32.2 Å². The number of carboxylic acids is 1. The second kappa shape index (κ2) is 6.37. The lowest BCUT2D eigenvalue weighted by molar-refractivity contribution is -0.137. The second-order valence-corrected chi connectivity index (χ2v) is 5.07. The smallest absolute Gasteiger partial charge is 0.303 e. The van der Waals surface area contributed by atoms with Crippen LogP contribution >= 0.6 is 0 Å². The Kier molecular flexibility index (Phi) is 5.89. The van der Waals surface area contributed by atoms with Crippen LogP contribution in [0.1, 0.15) is 26.2 Å². The van der Waals surface area contributed by atoms with E-state index in [-0.39, 0.29) is 25.0 Å². The Labute approximate surface area is 89.0 Å². The highest BCUT2D eigenvalue weighted by atomic mass is 32.2. The van der Waals surface area contributed by atoms with Crippen molar-refractivity contribution in [3.05, 3.63) is 0 Å². The fraction of sp³-hybridized carbons (Fsp3) is 0.750. The zero-order chi connectivity index (χ0) is 11.9. The number of aliphatic carboxylic acids is 1. The minimum atomic E-state index is -3.46. The van der Waals surface area contributed by atoms with Gasteiger partial charge in [-0.3, -0.25) is 4.79 Å². The molecule has 0 aliphatic rings. The first-order chi connectivity index (χ1) is 6.87. The number of nitrogens with one attached hydrogen (secondary N) is 1. The summed E-state index contributed by atoms with van der Waals surface area (Å²) in [5.41, 5.74) is 0. The van der Waals surface area contributed by atoms with Crippen LogP contribution in [0.25, 0.3) is 0 Å². The third-order valence-corrected chi connectivity index (χ3v) is 3.17. The first-order valence-electron chi connectivity index (χ1n) is 4.46. The lowest BCUT2D eigenvalue weighted by Gasteiger charge is -2.10. The summed E-state index contributed by atoms with van der Waals surface area (Å²) >= 11 is 0. The quantitative estimate of drug-likeness (QED) is 0.648. The van der Waals surface area contributed by atoms with E-state index in [0.29, 0.717) is 0 Å². The molecule has 0 spiro atoms. The van der Waals surface area contributed by atoms with Crippen LogP contribution in [0.3, 0.4) is 0 Å². The van der Waals surface area contributed by atoms with E-state index in [0.717, 1.165) is 0 Å². The Balaban J connectivity index is 3.98. The summed E-state index contributed by atoms with van der Waals surface area (Å²) in [6, 6.07) is 1.40. The maximum absolute atomic E-state index is 11.3. The molecule has 6 nitrogen and oxygen atoms in total. The Morgan fingerprint density at radius 2 is 2.20 bits per heavy atom. The van der Waals surface area contributed by atoms with Gasteiger partial charge in [0, 0.05) is 12.5 Å². The molecular weight excluding hydrogens is 220 g/mol. The molecule has 0 aliphatic carbocycles. The van der Waals surface area contributed by atoms with E-state index in [1.54, 1.807) is 6.92 Å². The molecule has 0 saturated carbocycles. The van der Waals surface area contributed by atoms with Crippen molar-refractivity contribution in [1.82, 2.24) is 4.72 Å². The molecule has 2 N–H and O–H groups in total. The lowest BCUT2D eigenvalue weighted by atomic mass is 10.3. The molecule has 0 amide bonds. The molecule has 0 aromatic rings. The Hall–Kier alpha value is -1.13. The number of hydrogen-bond acceptors (Lipinski definition) is 4. The Bertz CT molecular complexity index is 344. The van der Waals surface area contributed by atoms with Gasteiger partial charge in [0.05, 0.1) is 18.2 Å². The topological polar surface area (TPSA) is 107 Å². The van der Waals surface area contributed by atoms with Crippen molar-refractivity contribution < 1.29 is 18.3 Å². The number of carbonyl (C=O) groups is 1. The average Bonchev–Trinajstić information content (AvgIpc) is 2.01. The zero-order valence-electron chi connectivity index (χ0n) is 8.43. The summed E-state index contributed by atoms with van der Waals surface area (Å²) in [7, 11) is -3.46. The molecule has 15 heavy (non-hydrogen) atoms. The van der Waals surface area contributed by atoms with Gasteiger partial charge in [0.15, 0.2) is 0 Å². The second-order valence-electron chi connectivity index (χ2n) is 3.20. The van der Waals surface area contributed by atoms with E-state index >= 15 is 0 Å². The van der Waals surface area contributed by atoms with E-state index in [1.807, 2.05) is 6.07 Å². The van der Waals surface area contributed by atoms with Crippen molar-refractivity contribution >= 4 is 16.0 Å². The van der Waals surface area contributed by atoms with Crippen molar-refractivity contribution in [2.75, 3.05) is 5.75 Å². The minimum Gasteiger partial charge on any atom is -0.481 e. The lowest BCUT2D eigenvalue weighted by Crippen LogP contribution is -2.34. The molecule has 0 saturated heterocycles. The monoisotopic (exact) mass is 234 g/mol. The van der Waals surface area contributed by atoms with Gasteiger partial charge in [0.25, 0.3) is 0 Å². The van der Waals surface area contributed by atoms with Gasteiger partial charge in [-0.25, -0.2) is 13.1 Å². The highest BCUT2D eigenvalue weighted by Gasteiger charge is 2.14. The molecule has 0 rings (SSSR count). The van der Waals surface area contributed by atoms with Crippen LogP contribution in [0.4, 0.5) is 0 Å². The Morgan fingerprint density at radius 3 is 2.67 bits per heavy atom. The summed E-state index contributed by atoms with van der Waals surface area (Å²) < 4.78 is 24.9. The molecule has 0 aromatic carbocycles. The zero-order valence-corrected chi connectivity index (χ0v) is 9.25. The standard InChI is InChI=1S/C8H14N2O4S/c1-7(4-5-9)10-15(13,14)6-2-3-8(11)12/h7,10H,2-4,6H2,1H3,(H,11,12). The van der Waals surface area contributed by atoms with Crippen LogP contribution in [-0.2, 0) is 14.8 Å². The fourth-order valence-electron chi connectivity index (χ4n) is 0.957. The number of sulfonamides is 1. The van der Waals surface area contributed by atoms with E-state index in [2.05, 4.69) is 4.72 Å². The van der Waals surface area contributed by atoms with Crippen molar-refractivity contribution in [3.63, 3.8) is 0 Å². The third kappa shape index (κ3) is 7.90. The number of carboxylic acid groups (broad SMARTS) is 1. The van der Waals surface area contributed by atoms with Gasteiger partial charge in [0.1, 0.15) is 0 Å². The van der Waals surface area contributed by atoms with E-state index in [1.165, 1.54) is 0 Å². The van der Waals surface area contributed by atoms with Crippen molar-refractivity contribution in [2.24, 2.45) is 0 Å².